The van der Waals surface area contributed by atoms with Crippen LogP contribution in [-0.2, 0) is 22.4 Å². The van der Waals surface area contributed by atoms with E-state index >= 15 is 0 Å². The Labute approximate surface area is 209 Å². The highest BCUT2D eigenvalue weighted by Gasteiger charge is 2.31. The number of hydrogen-bond acceptors (Lipinski definition) is 6. The van der Waals surface area contributed by atoms with Crippen LogP contribution >= 0.6 is 11.6 Å². The van der Waals surface area contributed by atoms with Crippen molar-refractivity contribution in [2.75, 3.05) is 13.2 Å². The number of hydrogen-bond donors (Lipinski definition) is 3. The van der Waals surface area contributed by atoms with Gasteiger partial charge in [0, 0.05) is 23.6 Å². The molecule has 0 atom stereocenters. The van der Waals surface area contributed by atoms with Crippen LogP contribution in [0, 0.1) is 0 Å². The number of phenols is 2. The van der Waals surface area contributed by atoms with Crippen molar-refractivity contribution in [2.45, 2.75) is 32.3 Å². The van der Waals surface area contributed by atoms with Crippen molar-refractivity contribution in [3.05, 3.63) is 88.4 Å². The number of aromatic hydroxyl groups is 2. The van der Waals surface area contributed by atoms with Gasteiger partial charge in [-0.2, -0.15) is 0 Å². The summed E-state index contributed by atoms with van der Waals surface area (Å²) in [5.41, 5.74) is 1.08. The van der Waals surface area contributed by atoms with Crippen LogP contribution in [-0.4, -0.2) is 40.8 Å². The number of phenolic OH excluding ortho intramolecular Hbond substituents is 2. The molecule has 3 aromatic rings. The summed E-state index contributed by atoms with van der Waals surface area (Å²) in [6, 6.07) is 18.5. The van der Waals surface area contributed by atoms with Gasteiger partial charge in [0.2, 0.25) is 0 Å². The number of amides is 1. The molecule has 1 amide bonds. The van der Waals surface area contributed by atoms with E-state index in [1.165, 1.54) is 12.1 Å². The Balaban J connectivity index is 1.43. The number of esters is 1. The number of carbonyl (C=O) groups is 2. The highest BCUT2D eigenvalue weighted by molar-refractivity contribution is 6.30. The van der Waals surface area contributed by atoms with Gasteiger partial charge >= 0.3 is 5.97 Å². The molecule has 0 saturated heterocycles. The van der Waals surface area contributed by atoms with Gasteiger partial charge in [-0.15, -0.1) is 0 Å². The Hall–Kier alpha value is -3.71. The summed E-state index contributed by atoms with van der Waals surface area (Å²) < 4.78 is 11.2. The number of nitrogens with one attached hydrogen (secondary N) is 1. The fourth-order valence-electron chi connectivity index (χ4n) is 3.24. The predicted molar refractivity (Wildman–Crippen MR) is 133 cm³/mol. The van der Waals surface area contributed by atoms with E-state index < -0.39 is 11.6 Å². The summed E-state index contributed by atoms with van der Waals surface area (Å²) in [6.45, 7) is 3.83. The molecule has 7 nitrogen and oxygen atoms in total. The molecule has 8 heteroatoms. The van der Waals surface area contributed by atoms with Gasteiger partial charge in [0.1, 0.15) is 5.75 Å². The van der Waals surface area contributed by atoms with Gasteiger partial charge in [0.05, 0.1) is 6.61 Å². The van der Waals surface area contributed by atoms with Gasteiger partial charge in [0.25, 0.3) is 5.91 Å². The third-order valence-corrected chi connectivity index (χ3v) is 5.51. The Bertz CT molecular complexity index is 1160. The van der Waals surface area contributed by atoms with Gasteiger partial charge in [-0.05, 0) is 79.9 Å². The average molecular weight is 498 g/mol. The van der Waals surface area contributed by atoms with Crippen molar-refractivity contribution >= 4 is 23.5 Å². The van der Waals surface area contributed by atoms with Crippen LogP contribution in [0.5, 0.6) is 17.2 Å². The zero-order valence-electron chi connectivity index (χ0n) is 19.6. The van der Waals surface area contributed by atoms with Crippen molar-refractivity contribution in [2.24, 2.45) is 0 Å². The first-order valence-electron chi connectivity index (χ1n) is 11.1. The summed E-state index contributed by atoms with van der Waals surface area (Å²) in [6.07, 6.45) is 1.02. The van der Waals surface area contributed by atoms with E-state index in [1.807, 2.05) is 12.1 Å². The molecule has 0 aliphatic heterocycles. The third-order valence-electron chi connectivity index (χ3n) is 5.26. The lowest BCUT2D eigenvalue weighted by molar-refractivity contribution is -0.159. The lowest BCUT2D eigenvalue weighted by Gasteiger charge is -2.24. The van der Waals surface area contributed by atoms with Crippen LogP contribution in [0.1, 0.15) is 35.3 Å². The maximum Gasteiger partial charge on any atom is 0.349 e. The molecule has 0 aliphatic carbocycles. The molecular weight excluding hydrogens is 470 g/mol. The van der Waals surface area contributed by atoms with E-state index in [-0.39, 0.29) is 24.0 Å². The fourth-order valence-corrected chi connectivity index (χ4v) is 3.37. The molecule has 184 valence electrons. The van der Waals surface area contributed by atoms with Crippen molar-refractivity contribution in [1.82, 2.24) is 5.32 Å². The van der Waals surface area contributed by atoms with E-state index in [1.54, 1.807) is 56.3 Å². The summed E-state index contributed by atoms with van der Waals surface area (Å²) in [5.74, 6) is -0.582. The smallest absolute Gasteiger partial charge is 0.349 e. The second-order valence-corrected chi connectivity index (χ2v) is 8.91. The van der Waals surface area contributed by atoms with Gasteiger partial charge in [-0.1, -0.05) is 29.8 Å². The van der Waals surface area contributed by atoms with E-state index in [4.69, 9.17) is 21.1 Å². The Morgan fingerprint density at radius 1 is 0.886 bits per heavy atom. The molecule has 0 radical (unpaired) electrons. The molecule has 3 N–H and O–H groups in total. The minimum Gasteiger partial charge on any atom is -0.504 e. The van der Waals surface area contributed by atoms with Gasteiger partial charge in [-0.3, -0.25) is 4.79 Å². The lowest BCUT2D eigenvalue weighted by atomic mass is 10.1. The predicted octanol–water partition coefficient (Wildman–Crippen LogP) is 4.67. The topological polar surface area (TPSA) is 105 Å². The second kappa shape index (κ2) is 11.6. The van der Waals surface area contributed by atoms with Crippen molar-refractivity contribution in [3.63, 3.8) is 0 Å². The second-order valence-electron chi connectivity index (χ2n) is 8.48. The first kappa shape index (κ1) is 25.9. The van der Waals surface area contributed by atoms with Crippen LogP contribution in [0.3, 0.4) is 0 Å². The van der Waals surface area contributed by atoms with Crippen LogP contribution in [0.25, 0.3) is 0 Å². The first-order valence-corrected chi connectivity index (χ1v) is 11.5. The molecule has 0 aliphatic rings. The van der Waals surface area contributed by atoms with Crippen LogP contribution in [0.2, 0.25) is 5.02 Å². The zero-order chi connectivity index (χ0) is 25.4. The number of halogens is 1. The molecule has 0 saturated carbocycles. The maximum absolute atomic E-state index is 12.5. The SMILES string of the molecule is CC(C)(Oc1ccc(CCNC(=O)c2ccc(Cl)cc2)cc1)C(=O)OCCc1ccc(O)c(O)c1. The lowest BCUT2D eigenvalue weighted by Crippen LogP contribution is -2.40. The van der Waals surface area contributed by atoms with Crippen molar-refractivity contribution < 1.29 is 29.3 Å². The third kappa shape index (κ3) is 7.65. The molecular formula is C27H28ClNO6. The molecule has 0 aromatic heterocycles. The summed E-state index contributed by atoms with van der Waals surface area (Å²) in [7, 11) is 0. The monoisotopic (exact) mass is 497 g/mol. The molecule has 3 aromatic carbocycles. The summed E-state index contributed by atoms with van der Waals surface area (Å²) in [5, 5.41) is 22.4. The number of ether oxygens (including phenoxy) is 2. The van der Waals surface area contributed by atoms with Crippen molar-refractivity contribution in [3.8, 4) is 17.2 Å². The van der Waals surface area contributed by atoms with Crippen LogP contribution in [0.15, 0.2) is 66.7 Å². The molecule has 35 heavy (non-hydrogen) atoms. The largest absolute Gasteiger partial charge is 0.504 e. The fraction of sp³-hybridized carbons (Fsp3) is 0.259. The van der Waals surface area contributed by atoms with E-state index in [0.29, 0.717) is 35.7 Å². The first-order chi connectivity index (χ1) is 16.6. The Morgan fingerprint density at radius 3 is 2.20 bits per heavy atom. The minimum atomic E-state index is -1.20. The molecule has 0 fully saturated rings. The molecule has 0 heterocycles. The van der Waals surface area contributed by atoms with Crippen LogP contribution < -0.4 is 10.1 Å². The molecule has 0 bridgehead atoms. The van der Waals surface area contributed by atoms with E-state index in [9.17, 15) is 19.8 Å². The van der Waals surface area contributed by atoms with Gasteiger partial charge in [-0.25, -0.2) is 4.79 Å². The van der Waals surface area contributed by atoms with Crippen molar-refractivity contribution in [1.29, 1.82) is 0 Å². The number of benzene rings is 3. The highest BCUT2D eigenvalue weighted by atomic mass is 35.5. The highest BCUT2D eigenvalue weighted by Crippen LogP contribution is 2.25. The molecule has 0 spiro atoms. The summed E-state index contributed by atoms with van der Waals surface area (Å²) >= 11 is 5.84. The number of carbonyl (C=O) groups excluding carboxylic acids is 2. The maximum atomic E-state index is 12.5. The minimum absolute atomic E-state index is 0.108. The Kier molecular flexibility index (Phi) is 8.60. The quantitative estimate of drug-likeness (QED) is 0.278. The van der Waals surface area contributed by atoms with E-state index in [2.05, 4.69) is 5.32 Å². The molecule has 0 unspecified atom stereocenters. The average Bonchev–Trinajstić information content (AvgIpc) is 2.82. The summed E-state index contributed by atoms with van der Waals surface area (Å²) in [4.78, 5) is 24.7. The standard InChI is InChI=1S/C27H28ClNO6/c1-27(2,26(33)34-16-14-19-5-12-23(30)24(31)17-19)35-22-10-3-18(4-11-22)13-15-29-25(32)20-6-8-21(28)9-7-20/h3-12,17,30-31H,13-16H2,1-2H3,(H,29,32). The normalized spacial score (nSPS) is 11.1. The van der Waals surface area contributed by atoms with E-state index in [0.717, 1.165) is 11.1 Å². The Morgan fingerprint density at radius 2 is 1.54 bits per heavy atom. The van der Waals surface area contributed by atoms with Gasteiger partial charge < -0.3 is 25.0 Å². The zero-order valence-corrected chi connectivity index (χ0v) is 20.3. The molecule has 3 rings (SSSR count). The number of rotatable bonds is 10. The van der Waals surface area contributed by atoms with Crippen LogP contribution in [0.4, 0.5) is 0 Å². The van der Waals surface area contributed by atoms with Gasteiger partial charge in [0.15, 0.2) is 17.1 Å².